The van der Waals surface area contributed by atoms with Crippen molar-refractivity contribution in [2.24, 2.45) is 5.92 Å². The van der Waals surface area contributed by atoms with Gasteiger partial charge in [0.1, 0.15) is 0 Å². The number of rotatable bonds is 2. The van der Waals surface area contributed by atoms with E-state index >= 15 is 0 Å². The highest BCUT2D eigenvalue weighted by Gasteiger charge is 2.26. The summed E-state index contributed by atoms with van der Waals surface area (Å²) in [6, 6.07) is 0. The van der Waals surface area contributed by atoms with Crippen LogP contribution in [0, 0.1) is 5.92 Å². The standard InChI is InChI=1S/C10H12O3/c1-10(13)7-3-2-4-8(10)5-6-9(11)12/h2-8,13H,1H3,(H,11,12)/b6-5+/t8-,10-/m0/s1. The molecule has 0 unspecified atom stereocenters. The molecular weight excluding hydrogens is 168 g/mol. The summed E-state index contributed by atoms with van der Waals surface area (Å²) in [6.45, 7) is 1.64. The maximum atomic E-state index is 10.2. The van der Waals surface area contributed by atoms with Gasteiger partial charge in [-0.1, -0.05) is 30.4 Å². The zero-order valence-corrected chi connectivity index (χ0v) is 7.34. The van der Waals surface area contributed by atoms with E-state index in [0.29, 0.717) is 0 Å². The summed E-state index contributed by atoms with van der Waals surface area (Å²) in [7, 11) is 0. The zero-order valence-electron chi connectivity index (χ0n) is 7.34. The molecule has 0 saturated carbocycles. The molecule has 3 nitrogen and oxygen atoms in total. The van der Waals surface area contributed by atoms with Crippen molar-refractivity contribution in [3.05, 3.63) is 36.5 Å². The zero-order chi connectivity index (χ0) is 9.90. The Bertz CT molecular complexity index is 285. The molecule has 0 aliphatic heterocycles. The van der Waals surface area contributed by atoms with E-state index in [0.717, 1.165) is 6.08 Å². The molecule has 0 aromatic heterocycles. The fourth-order valence-electron chi connectivity index (χ4n) is 1.19. The number of carboxylic acid groups (broad SMARTS) is 1. The van der Waals surface area contributed by atoms with Gasteiger partial charge < -0.3 is 10.2 Å². The predicted molar refractivity (Wildman–Crippen MR) is 49.2 cm³/mol. The minimum absolute atomic E-state index is 0.270. The van der Waals surface area contributed by atoms with Crippen LogP contribution in [0.5, 0.6) is 0 Å². The van der Waals surface area contributed by atoms with E-state index in [1.165, 1.54) is 6.08 Å². The van der Waals surface area contributed by atoms with Crippen molar-refractivity contribution < 1.29 is 15.0 Å². The fraction of sp³-hybridized carbons (Fsp3) is 0.300. The molecule has 0 spiro atoms. The molecule has 13 heavy (non-hydrogen) atoms. The van der Waals surface area contributed by atoms with E-state index in [1.807, 2.05) is 0 Å². The maximum Gasteiger partial charge on any atom is 0.327 e. The Balaban J connectivity index is 2.75. The van der Waals surface area contributed by atoms with Gasteiger partial charge in [0.15, 0.2) is 0 Å². The molecule has 2 N–H and O–H groups in total. The molecule has 0 aromatic carbocycles. The fourth-order valence-corrected chi connectivity index (χ4v) is 1.19. The van der Waals surface area contributed by atoms with Crippen molar-refractivity contribution >= 4 is 5.97 Å². The minimum Gasteiger partial charge on any atom is -0.478 e. The Morgan fingerprint density at radius 2 is 2.23 bits per heavy atom. The highest BCUT2D eigenvalue weighted by Crippen LogP contribution is 2.24. The molecule has 70 valence electrons. The number of allylic oxidation sites excluding steroid dienone is 2. The van der Waals surface area contributed by atoms with E-state index in [1.54, 1.807) is 31.2 Å². The Morgan fingerprint density at radius 3 is 2.77 bits per heavy atom. The molecule has 0 bridgehead atoms. The van der Waals surface area contributed by atoms with Gasteiger partial charge in [-0.3, -0.25) is 0 Å². The molecule has 0 fully saturated rings. The van der Waals surface area contributed by atoms with Crippen LogP contribution in [0.1, 0.15) is 6.92 Å². The monoisotopic (exact) mass is 180 g/mol. The van der Waals surface area contributed by atoms with E-state index < -0.39 is 11.6 Å². The first-order valence-electron chi connectivity index (χ1n) is 4.02. The van der Waals surface area contributed by atoms with Crippen LogP contribution in [-0.2, 0) is 4.79 Å². The number of aliphatic carboxylic acids is 1. The number of carbonyl (C=O) groups is 1. The van der Waals surface area contributed by atoms with E-state index in [-0.39, 0.29) is 5.92 Å². The predicted octanol–water partition coefficient (Wildman–Crippen LogP) is 1.12. The van der Waals surface area contributed by atoms with Crippen molar-refractivity contribution in [3.63, 3.8) is 0 Å². The topological polar surface area (TPSA) is 57.5 Å². The quantitative estimate of drug-likeness (QED) is 0.626. The van der Waals surface area contributed by atoms with Crippen molar-refractivity contribution in [2.75, 3.05) is 0 Å². The normalized spacial score (nSPS) is 32.6. The first-order valence-corrected chi connectivity index (χ1v) is 4.02. The van der Waals surface area contributed by atoms with Gasteiger partial charge in [-0.25, -0.2) is 4.79 Å². The first-order chi connectivity index (χ1) is 6.02. The summed E-state index contributed by atoms with van der Waals surface area (Å²) < 4.78 is 0. The van der Waals surface area contributed by atoms with Gasteiger partial charge in [-0.15, -0.1) is 0 Å². The van der Waals surface area contributed by atoms with Crippen LogP contribution >= 0.6 is 0 Å². The smallest absolute Gasteiger partial charge is 0.327 e. The van der Waals surface area contributed by atoms with E-state index in [4.69, 9.17) is 5.11 Å². The van der Waals surface area contributed by atoms with Crippen molar-refractivity contribution in [2.45, 2.75) is 12.5 Å². The number of hydrogen-bond acceptors (Lipinski definition) is 2. The Kier molecular flexibility index (Phi) is 2.68. The van der Waals surface area contributed by atoms with Gasteiger partial charge in [-0.05, 0) is 6.92 Å². The molecule has 0 amide bonds. The summed E-state index contributed by atoms with van der Waals surface area (Å²) in [4.78, 5) is 10.2. The average Bonchev–Trinajstić information content (AvgIpc) is 2.01. The van der Waals surface area contributed by atoms with Crippen LogP contribution in [0.3, 0.4) is 0 Å². The molecule has 1 aliphatic rings. The number of carboxylic acids is 1. The molecule has 0 heterocycles. The van der Waals surface area contributed by atoms with E-state index in [2.05, 4.69) is 0 Å². The summed E-state index contributed by atoms with van der Waals surface area (Å²) in [5.74, 6) is -1.27. The molecule has 1 rings (SSSR count). The van der Waals surface area contributed by atoms with Gasteiger partial charge in [-0.2, -0.15) is 0 Å². The van der Waals surface area contributed by atoms with Crippen LogP contribution in [0.4, 0.5) is 0 Å². The van der Waals surface area contributed by atoms with Crippen molar-refractivity contribution in [3.8, 4) is 0 Å². The molecule has 0 saturated heterocycles. The lowest BCUT2D eigenvalue weighted by Crippen LogP contribution is -2.31. The van der Waals surface area contributed by atoms with Crippen LogP contribution in [0.15, 0.2) is 36.5 Å². The van der Waals surface area contributed by atoms with Gasteiger partial charge in [0.05, 0.1) is 5.60 Å². The third-order valence-corrected chi connectivity index (χ3v) is 1.98. The highest BCUT2D eigenvalue weighted by molar-refractivity contribution is 5.79. The summed E-state index contributed by atoms with van der Waals surface area (Å²) in [5.41, 5.74) is -0.985. The maximum absolute atomic E-state index is 10.2. The van der Waals surface area contributed by atoms with Gasteiger partial charge in [0, 0.05) is 12.0 Å². The molecule has 0 radical (unpaired) electrons. The summed E-state index contributed by atoms with van der Waals surface area (Å²) in [5, 5.41) is 18.2. The van der Waals surface area contributed by atoms with E-state index in [9.17, 15) is 9.90 Å². The van der Waals surface area contributed by atoms with Gasteiger partial charge in [0.2, 0.25) is 0 Å². The number of hydrogen-bond donors (Lipinski definition) is 2. The Labute approximate surface area is 76.7 Å². The van der Waals surface area contributed by atoms with Crippen LogP contribution in [0.25, 0.3) is 0 Å². The lowest BCUT2D eigenvalue weighted by Gasteiger charge is -2.27. The highest BCUT2D eigenvalue weighted by atomic mass is 16.4. The minimum atomic E-state index is -1.00. The second-order valence-electron chi connectivity index (χ2n) is 3.19. The summed E-state index contributed by atoms with van der Waals surface area (Å²) >= 11 is 0. The van der Waals surface area contributed by atoms with Gasteiger partial charge >= 0.3 is 5.97 Å². The lowest BCUT2D eigenvalue weighted by molar-refractivity contribution is -0.131. The third kappa shape index (κ3) is 2.56. The largest absolute Gasteiger partial charge is 0.478 e. The molecular formula is C10H12O3. The summed E-state index contributed by atoms with van der Waals surface area (Å²) in [6.07, 6.45) is 9.45. The first kappa shape index (κ1) is 9.74. The SMILES string of the molecule is C[C@]1(O)C=CC=C[C@H]1/C=C/C(=O)O. The molecule has 3 heteroatoms. The Morgan fingerprint density at radius 1 is 1.54 bits per heavy atom. The van der Waals surface area contributed by atoms with Crippen LogP contribution in [-0.4, -0.2) is 21.8 Å². The van der Waals surface area contributed by atoms with Gasteiger partial charge in [0.25, 0.3) is 0 Å². The lowest BCUT2D eigenvalue weighted by atomic mass is 9.85. The van der Waals surface area contributed by atoms with Crippen molar-refractivity contribution in [1.29, 1.82) is 0 Å². The van der Waals surface area contributed by atoms with Crippen LogP contribution in [0.2, 0.25) is 0 Å². The number of aliphatic hydroxyl groups is 1. The molecule has 1 aliphatic carbocycles. The van der Waals surface area contributed by atoms with Crippen molar-refractivity contribution in [1.82, 2.24) is 0 Å². The second-order valence-corrected chi connectivity index (χ2v) is 3.19. The Hall–Kier alpha value is -1.35. The molecule has 2 atom stereocenters. The average molecular weight is 180 g/mol. The molecule has 0 aromatic rings. The van der Waals surface area contributed by atoms with Crippen LogP contribution < -0.4 is 0 Å². The third-order valence-electron chi connectivity index (χ3n) is 1.98. The second kappa shape index (κ2) is 3.58.